The van der Waals surface area contributed by atoms with E-state index < -0.39 is 29.8 Å². The number of aromatic nitrogens is 2. The minimum absolute atomic E-state index is 0.0789. The average Bonchev–Trinajstić information content (AvgIpc) is 3.55. The lowest BCUT2D eigenvalue weighted by atomic mass is 9.95. The molecule has 2 aromatic heterocycles. The molecule has 10 nitrogen and oxygen atoms in total. The number of amides is 3. The monoisotopic (exact) mass is 525 g/mol. The number of nitrogens with one attached hydrogen (secondary N) is 3. The van der Waals surface area contributed by atoms with Gasteiger partial charge in [-0.25, -0.2) is 9.97 Å². The fourth-order valence-corrected chi connectivity index (χ4v) is 5.41. The van der Waals surface area contributed by atoms with Crippen LogP contribution in [0.2, 0.25) is 0 Å². The number of benzene rings is 1. The van der Waals surface area contributed by atoms with Crippen LogP contribution in [0, 0.1) is 25.7 Å². The zero-order valence-corrected chi connectivity index (χ0v) is 22.1. The Morgan fingerprint density at radius 3 is 2.51 bits per heavy atom. The Morgan fingerprint density at radius 1 is 1.14 bits per heavy atom. The second-order valence-corrected chi connectivity index (χ2v) is 10.7. The number of thiazole rings is 1. The van der Waals surface area contributed by atoms with Gasteiger partial charge in [-0.15, -0.1) is 11.3 Å². The van der Waals surface area contributed by atoms with Gasteiger partial charge in [-0.3, -0.25) is 19.2 Å². The van der Waals surface area contributed by atoms with Crippen molar-refractivity contribution in [3.8, 4) is 0 Å². The highest BCUT2D eigenvalue weighted by atomic mass is 32.1. The summed E-state index contributed by atoms with van der Waals surface area (Å²) >= 11 is 1.25. The van der Waals surface area contributed by atoms with Crippen molar-refractivity contribution < 1.29 is 23.6 Å². The van der Waals surface area contributed by atoms with Gasteiger partial charge in [-0.1, -0.05) is 26.0 Å². The molecule has 3 atom stereocenters. The van der Waals surface area contributed by atoms with Crippen molar-refractivity contribution in [1.82, 2.24) is 25.9 Å². The van der Waals surface area contributed by atoms with E-state index in [-0.39, 0.29) is 34.7 Å². The molecule has 1 aromatic carbocycles. The molecule has 4 rings (SSSR count). The van der Waals surface area contributed by atoms with Crippen molar-refractivity contribution in [3.63, 3.8) is 0 Å². The summed E-state index contributed by atoms with van der Waals surface area (Å²) in [6, 6.07) is 5.53. The van der Waals surface area contributed by atoms with E-state index in [4.69, 9.17) is 4.42 Å². The molecule has 0 saturated carbocycles. The van der Waals surface area contributed by atoms with Gasteiger partial charge in [-0.05, 0) is 44.2 Å². The Labute approximate surface area is 218 Å². The van der Waals surface area contributed by atoms with Gasteiger partial charge < -0.3 is 20.4 Å². The second kappa shape index (κ2) is 11.2. The summed E-state index contributed by atoms with van der Waals surface area (Å²) in [4.78, 5) is 60.8. The van der Waals surface area contributed by atoms with Gasteiger partial charge in [0.15, 0.2) is 16.6 Å². The second-order valence-electron chi connectivity index (χ2n) is 9.72. The van der Waals surface area contributed by atoms with Gasteiger partial charge in [-0.2, -0.15) is 0 Å². The summed E-state index contributed by atoms with van der Waals surface area (Å²) in [7, 11) is 0. The summed E-state index contributed by atoms with van der Waals surface area (Å²) in [5.74, 6) is -1.14. The number of aryl methyl sites for hydroxylation is 2. The van der Waals surface area contributed by atoms with Gasteiger partial charge >= 0.3 is 0 Å². The Hall–Kier alpha value is -3.60. The van der Waals surface area contributed by atoms with Crippen molar-refractivity contribution in [2.24, 2.45) is 11.8 Å². The van der Waals surface area contributed by atoms with Crippen LogP contribution in [0.3, 0.4) is 0 Å². The van der Waals surface area contributed by atoms with Crippen molar-refractivity contribution in [2.45, 2.75) is 59.0 Å². The van der Waals surface area contributed by atoms with Crippen LogP contribution < -0.4 is 16.0 Å². The molecule has 1 saturated heterocycles. The molecule has 1 aliphatic heterocycles. The maximum atomic E-state index is 13.6. The van der Waals surface area contributed by atoms with E-state index in [1.165, 1.54) is 11.3 Å². The fourth-order valence-electron chi connectivity index (χ4n) is 4.45. The molecule has 37 heavy (non-hydrogen) atoms. The van der Waals surface area contributed by atoms with E-state index in [1.807, 2.05) is 38.1 Å². The molecule has 0 spiro atoms. The first-order chi connectivity index (χ1) is 17.6. The Morgan fingerprint density at radius 2 is 1.89 bits per heavy atom. The molecule has 3 aromatic rings. The van der Waals surface area contributed by atoms with Crippen LogP contribution in [0.5, 0.6) is 0 Å². The average molecular weight is 526 g/mol. The van der Waals surface area contributed by atoms with Crippen LogP contribution in [0.15, 0.2) is 28.7 Å². The highest BCUT2D eigenvalue weighted by Gasteiger charge is 2.35. The molecule has 0 radical (unpaired) electrons. The minimum Gasteiger partial charge on any atom is -0.445 e. The zero-order chi connectivity index (χ0) is 26.7. The fraction of sp³-hybridized carbons (Fsp3) is 0.462. The van der Waals surface area contributed by atoms with E-state index in [2.05, 4.69) is 25.9 Å². The van der Waals surface area contributed by atoms with Crippen LogP contribution in [-0.4, -0.2) is 52.1 Å². The third kappa shape index (κ3) is 6.22. The highest BCUT2D eigenvalue weighted by molar-refractivity contribution is 7.20. The number of fused-ring (bicyclic) bond motifs is 1. The largest absolute Gasteiger partial charge is 0.445 e. The number of ketones is 1. The lowest BCUT2D eigenvalue weighted by Gasteiger charge is -2.24. The number of hydrogen-bond acceptors (Lipinski definition) is 8. The number of Topliss-reactive ketones (excluding diaryl/α,β-unsaturated/α-hetero) is 1. The summed E-state index contributed by atoms with van der Waals surface area (Å²) in [6.07, 6.45) is 1.07. The lowest BCUT2D eigenvalue weighted by molar-refractivity contribution is -0.125. The van der Waals surface area contributed by atoms with Crippen LogP contribution in [0.25, 0.3) is 10.2 Å². The summed E-state index contributed by atoms with van der Waals surface area (Å²) in [5, 5.41) is 8.63. The molecule has 0 bridgehead atoms. The van der Waals surface area contributed by atoms with Crippen LogP contribution in [0.1, 0.15) is 65.1 Å². The number of rotatable bonds is 10. The molecule has 0 unspecified atom stereocenters. The van der Waals surface area contributed by atoms with Gasteiger partial charge in [0, 0.05) is 19.4 Å². The number of hydrogen-bond donors (Lipinski definition) is 3. The Bertz CT molecular complexity index is 1300. The van der Waals surface area contributed by atoms with Gasteiger partial charge in [0.2, 0.25) is 17.6 Å². The quantitative estimate of drug-likeness (QED) is 0.345. The third-order valence-electron chi connectivity index (χ3n) is 6.27. The van der Waals surface area contributed by atoms with Gasteiger partial charge in [0.25, 0.3) is 5.91 Å². The minimum atomic E-state index is -0.968. The Kier molecular flexibility index (Phi) is 8.01. The molecule has 3 heterocycles. The van der Waals surface area contributed by atoms with Gasteiger partial charge in [0.05, 0.1) is 16.3 Å². The van der Waals surface area contributed by atoms with Crippen molar-refractivity contribution >= 4 is 45.1 Å². The first kappa shape index (κ1) is 26.5. The molecule has 196 valence electrons. The first-order valence-electron chi connectivity index (χ1n) is 12.3. The smallest absolute Gasteiger partial charge is 0.274 e. The summed E-state index contributed by atoms with van der Waals surface area (Å²) in [6.45, 7) is 7.67. The summed E-state index contributed by atoms with van der Waals surface area (Å²) < 4.78 is 6.21. The van der Waals surface area contributed by atoms with Crippen LogP contribution >= 0.6 is 11.3 Å². The predicted octanol–water partition coefficient (Wildman–Crippen LogP) is 2.94. The number of nitrogens with zero attached hydrogens (tertiary/aromatic N) is 2. The highest BCUT2D eigenvalue weighted by Crippen LogP contribution is 2.25. The standard InChI is InChI=1S/C26H31N5O5S/c1-13(2)11-19(30-25(35)21-14(3)36-15(4)28-21)24(34)29-18(12-16-9-10-27-23(16)33)22(32)26-31-17-7-5-6-8-20(17)37-26/h5-8,13,16,18-19H,9-12H2,1-4H3,(H,27,33)(H,29,34)(H,30,35)/t16-,18-,19-/m0/s1. The lowest BCUT2D eigenvalue weighted by Crippen LogP contribution is -2.52. The zero-order valence-electron chi connectivity index (χ0n) is 21.3. The SMILES string of the molecule is Cc1nc(C(=O)N[C@@H](CC(C)C)C(=O)N[C@@H](C[C@@H]2CCNC2=O)C(=O)c2nc3ccccc3s2)c(C)o1. The molecule has 11 heteroatoms. The number of para-hydroxylation sites is 1. The normalized spacial score (nSPS) is 17.0. The van der Waals surface area contributed by atoms with Crippen LogP contribution in [0.4, 0.5) is 0 Å². The number of carbonyl (C=O) groups is 4. The van der Waals surface area contributed by atoms with Gasteiger partial charge in [0.1, 0.15) is 11.8 Å². The molecular formula is C26H31N5O5S. The number of oxazole rings is 1. The van der Waals surface area contributed by atoms with Crippen molar-refractivity contribution in [3.05, 3.63) is 46.6 Å². The maximum absolute atomic E-state index is 13.6. The molecule has 3 amide bonds. The molecule has 1 aliphatic rings. The molecular weight excluding hydrogens is 494 g/mol. The van der Waals surface area contributed by atoms with E-state index in [0.29, 0.717) is 36.6 Å². The van der Waals surface area contributed by atoms with Crippen LogP contribution in [-0.2, 0) is 9.59 Å². The predicted molar refractivity (Wildman–Crippen MR) is 138 cm³/mol. The number of carbonyl (C=O) groups excluding carboxylic acids is 4. The van der Waals surface area contributed by atoms with Crippen molar-refractivity contribution in [2.75, 3.05) is 6.54 Å². The molecule has 1 fully saturated rings. The van der Waals surface area contributed by atoms with Crippen molar-refractivity contribution in [1.29, 1.82) is 0 Å². The molecule has 3 N–H and O–H groups in total. The topological polar surface area (TPSA) is 143 Å². The summed E-state index contributed by atoms with van der Waals surface area (Å²) in [5.41, 5.74) is 0.812. The van der Waals surface area contributed by atoms with E-state index in [9.17, 15) is 19.2 Å². The third-order valence-corrected chi connectivity index (χ3v) is 7.32. The van der Waals surface area contributed by atoms with E-state index >= 15 is 0 Å². The Balaban J connectivity index is 1.57. The van der Waals surface area contributed by atoms with E-state index in [0.717, 1.165) is 4.70 Å². The first-order valence-corrected chi connectivity index (χ1v) is 13.2. The maximum Gasteiger partial charge on any atom is 0.274 e. The van der Waals surface area contributed by atoms with E-state index in [1.54, 1.807) is 13.8 Å². The molecule has 0 aliphatic carbocycles.